The third-order valence-electron chi connectivity index (χ3n) is 6.54. The van der Waals surface area contributed by atoms with Gasteiger partial charge in [-0.2, -0.15) is 0 Å². The number of nitrogens with zero attached hydrogens (tertiary/aromatic N) is 2. The molecule has 1 fully saturated rings. The Bertz CT molecular complexity index is 1320. The average molecular weight is 509 g/mol. The number of amides is 2. The Kier molecular flexibility index (Phi) is 6.77. The number of carbonyl (C=O) groups excluding carboxylic acids is 4. The number of benzene rings is 2. The van der Waals surface area contributed by atoms with E-state index in [4.69, 9.17) is 15.2 Å². The summed E-state index contributed by atoms with van der Waals surface area (Å²) < 4.78 is 10.8. The van der Waals surface area contributed by atoms with Gasteiger partial charge in [0.05, 0.1) is 28.6 Å². The zero-order valence-electron chi connectivity index (χ0n) is 19.8. The SMILES string of the molecule is C[C@@H](O)[C@H]1C(=O)N2C(C(=O)OC(=O)c3ccc([N+](=O)[O-])cc3)=C(COc3ccc(C(N)=O)cc3)[C@H](C)[C@H]12. The van der Waals surface area contributed by atoms with Crippen LogP contribution in [-0.2, 0) is 14.3 Å². The molecule has 0 bridgehead atoms. The van der Waals surface area contributed by atoms with Gasteiger partial charge in [0.2, 0.25) is 11.8 Å². The summed E-state index contributed by atoms with van der Waals surface area (Å²) in [6.07, 6.45) is -0.961. The second kappa shape index (κ2) is 9.82. The highest BCUT2D eigenvalue weighted by Crippen LogP contribution is 2.47. The number of nitro groups is 1. The third-order valence-corrected chi connectivity index (χ3v) is 6.54. The molecule has 0 unspecified atom stereocenters. The van der Waals surface area contributed by atoms with Crippen molar-refractivity contribution in [3.05, 3.63) is 81.0 Å². The zero-order chi connectivity index (χ0) is 27.0. The molecule has 0 spiro atoms. The molecule has 37 heavy (non-hydrogen) atoms. The van der Waals surface area contributed by atoms with Gasteiger partial charge in [-0.25, -0.2) is 9.59 Å². The monoisotopic (exact) mass is 509 g/mol. The molecule has 0 radical (unpaired) electrons. The number of aliphatic hydroxyl groups excluding tert-OH is 1. The van der Waals surface area contributed by atoms with Crippen molar-refractivity contribution < 1.29 is 38.7 Å². The second-order valence-electron chi connectivity index (χ2n) is 8.79. The molecule has 4 rings (SSSR count). The number of rotatable bonds is 8. The van der Waals surface area contributed by atoms with Gasteiger partial charge in [0.15, 0.2) is 0 Å². The van der Waals surface area contributed by atoms with E-state index in [1.807, 2.05) is 0 Å². The maximum absolute atomic E-state index is 13.1. The number of non-ortho nitro benzene ring substituents is 1. The Morgan fingerprint density at radius 2 is 1.68 bits per heavy atom. The Morgan fingerprint density at radius 1 is 1.08 bits per heavy atom. The number of esters is 2. The lowest BCUT2D eigenvalue weighted by molar-refractivity contribution is -0.384. The van der Waals surface area contributed by atoms with Crippen LogP contribution in [0.25, 0.3) is 0 Å². The molecule has 192 valence electrons. The molecule has 0 aromatic heterocycles. The largest absolute Gasteiger partial charge is 0.489 e. The normalized spacial score (nSPS) is 21.1. The molecule has 0 aliphatic carbocycles. The van der Waals surface area contributed by atoms with Crippen molar-refractivity contribution in [3.63, 3.8) is 0 Å². The molecule has 2 heterocycles. The second-order valence-corrected chi connectivity index (χ2v) is 8.79. The predicted molar refractivity (Wildman–Crippen MR) is 126 cm³/mol. The minimum absolute atomic E-state index is 0.0914. The van der Waals surface area contributed by atoms with Crippen LogP contribution in [0.5, 0.6) is 5.75 Å². The number of ether oxygens (including phenoxy) is 2. The number of fused-ring (bicyclic) bond motifs is 1. The third kappa shape index (κ3) is 4.66. The van der Waals surface area contributed by atoms with Gasteiger partial charge >= 0.3 is 11.9 Å². The van der Waals surface area contributed by atoms with E-state index in [1.165, 1.54) is 36.1 Å². The zero-order valence-corrected chi connectivity index (χ0v) is 19.8. The van der Waals surface area contributed by atoms with Crippen molar-refractivity contribution in [2.75, 3.05) is 6.61 Å². The van der Waals surface area contributed by atoms with Crippen LogP contribution in [0.2, 0.25) is 0 Å². The molecule has 3 N–H and O–H groups in total. The van der Waals surface area contributed by atoms with Gasteiger partial charge in [0.1, 0.15) is 18.1 Å². The first-order valence-electron chi connectivity index (χ1n) is 11.3. The smallest absolute Gasteiger partial charge is 0.363 e. The number of hydrogen-bond acceptors (Lipinski definition) is 9. The van der Waals surface area contributed by atoms with E-state index in [1.54, 1.807) is 6.92 Å². The maximum Gasteiger partial charge on any atom is 0.363 e. The van der Waals surface area contributed by atoms with Gasteiger partial charge in [0.25, 0.3) is 5.69 Å². The lowest BCUT2D eigenvalue weighted by Crippen LogP contribution is -2.63. The van der Waals surface area contributed by atoms with Crippen LogP contribution in [0.15, 0.2) is 59.8 Å². The standard InChI is InChI=1S/C25H23N3O9/c1-12-18(11-36-17-9-5-14(6-10-17)22(26)30)21(27-20(12)19(13(2)29)23(27)31)25(33)37-24(32)15-3-7-16(8-4-15)28(34)35/h3-10,12-13,19-20,29H,11H2,1-2H3,(H2,26,30)/t12-,13+,19+,20+/m0/s1. The van der Waals surface area contributed by atoms with Crippen LogP contribution >= 0.6 is 0 Å². The van der Waals surface area contributed by atoms with Gasteiger partial charge in [-0.15, -0.1) is 0 Å². The number of primary amides is 1. The Labute approximate surface area is 210 Å². The summed E-state index contributed by atoms with van der Waals surface area (Å²) in [5.74, 6) is -4.00. The van der Waals surface area contributed by atoms with Crippen molar-refractivity contribution in [2.45, 2.75) is 26.0 Å². The number of nitrogens with two attached hydrogens (primary N) is 1. The lowest BCUT2D eigenvalue weighted by Gasteiger charge is -2.46. The number of hydrogen-bond donors (Lipinski definition) is 2. The Hall–Kier alpha value is -4.58. The lowest BCUT2D eigenvalue weighted by atomic mass is 9.78. The average Bonchev–Trinajstić information content (AvgIpc) is 3.10. The van der Waals surface area contributed by atoms with E-state index in [2.05, 4.69) is 0 Å². The molecule has 2 aliphatic rings. The van der Waals surface area contributed by atoms with Gasteiger partial charge in [0, 0.05) is 29.2 Å². The molecule has 2 aliphatic heterocycles. The first-order valence-corrected chi connectivity index (χ1v) is 11.3. The summed E-state index contributed by atoms with van der Waals surface area (Å²) in [4.78, 5) is 61.2. The minimum Gasteiger partial charge on any atom is -0.489 e. The molecule has 0 saturated carbocycles. The fourth-order valence-corrected chi connectivity index (χ4v) is 4.61. The highest BCUT2D eigenvalue weighted by Gasteiger charge is 2.60. The molecule has 4 atom stereocenters. The van der Waals surface area contributed by atoms with Gasteiger partial charge in [-0.05, 0) is 43.3 Å². The number of carbonyl (C=O) groups is 4. The first-order chi connectivity index (χ1) is 17.5. The maximum atomic E-state index is 13.1. The quantitative estimate of drug-likeness (QED) is 0.176. The highest BCUT2D eigenvalue weighted by molar-refractivity contribution is 6.06. The summed E-state index contributed by atoms with van der Waals surface area (Å²) in [5.41, 5.74) is 5.44. The molecule has 2 amide bonds. The summed E-state index contributed by atoms with van der Waals surface area (Å²) in [5, 5.41) is 20.9. The summed E-state index contributed by atoms with van der Waals surface area (Å²) >= 11 is 0. The molecule has 12 nitrogen and oxygen atoms in total. The van der Waals surface area contributed by atoms with Gasteiger partial charge in [-0.1, -0.05) is 6.92 Å². The van der Waals surface area contributed by atoms with Crippen LogP contribution in [-0.4, -0.2) is 57.4 Å². The van der Waals surface area contributed by atoms with Crippen LogP contribution in [0.4, 0.5) is 5.69 Å². The van der Waals surface area contributed by atoms with Crippen LogP contribution < -0.4 is 10.5 Å². The predicted octanol–water partition coefficient (Wildman–Crippen LogP) is 1.57. The summed E-state index contributed by atoms with van der Waals surface area (Å²) in [6, 6.07) is 9.97. The van der Waals surface area contributed by atoms with Gasteiger partial charge < -0.3 is 25.2 Å². The highest BCUT2D eigenvalue weighted by atomic mass is 16.6. The molecule has 12 heteroatoms. The van der Waals surface area contributed by atoms with E-state index in [0.717, 1.165) is 24.3 Å². The summed E-state index contributed by atoms with van der Waals surface area (Å²) in [7, 11) is 0. The minimum atomic E-state index is -1.09. The van der Waals surface area contributed by atoms with Crippen molar-refractivity contribution in [1.82, 2.24) is 4.90 Å². The van der Waals surface area contributed by atoms with Crippen molar-refractivity contribution in [3.8, 4) is 5.75 Å². The van der Waals surface area contributed by atoms with E-state index in [0.29, 0.717) is 11.3 Å². The van der Waals surface area contributed by atoms with Gasteiger partial charge in [-0.3, -0.25) is 19.7 Å². The topological polar surface area (TPSA) is 179 Å². The van der Waals surface area contributed by atoms with Crippen molar-refractivity contribution in [2.24, 2.45) is 17.6 Å². The Morgan fingerprint density at radius 3 is 2.22 bits per heavy atom. The molecular formula is C25H23N3O9. The first kappa shape index (κ1) is 25.5. The molecule has 2 aromatic rings. The fourth-order valence-electron chi connectivity index (χ4n) is 4.61. The van der Waals surface area contributed by atoms with Crippen LogP contribution in [0.1, 0.15) is 34.6 Å². The molecule has 2 aromatic carbocycles. The molecular weight excluding hydrogens is 486 g/mol. The fraction of sp³-hybridized carbons (Fsp3) is 0.280. The van der Waals surface area contributed by atoms with E-state index in [9.17, 15) is 34.4 Å². The molecule has 1 saturated heterocycles. The van der Waals surface area contributed by atoms with Crippen molar-refractivity contribution >= 4 is 29.4 Å². The van der Waals surface area contributed by atoms with Crippen molar-refractivity contribution in [1.29, 1.82) is 0 Å². The number of aliphatic hydroxyl groups is 1. The van der Waals surface area contributed by atoms with E-state index in [-0.39, 0.29) is 29.1 Å². The Balaban J connectivity index is 1.59. The summed E-state index contributed by atoms with van der Waals surface area (Å²) in [6.45, 7) is 3.12. The van der Waals surface area contributed by atoms with E-state index >= 15 is 0 Å². The van der Waals surface area contributed by atoms with Crippen LogP contribution in [0.3, 0.4) is 0 Å². The number of nitro benzene ring substituents is 1. The van der Waals surface area contributed by atoms with E-state index < -0.39 is 52.7 Å². The van der Waals surface area contributed by atoms with Crippen LogP contribution in [0, 0.1) is 22.0 Å². The number of β-lactam (4-membered cyclic amide) rings is 1.